The number of pyridine rings is 1. The smallest absolute Gasteiger partial charge is 0.430 e. The zero-order valence-corrected chi connectivity index (χ0v) is 9.72. The Morgan fingerprint density at radius 2 is 2.16 bits per heavy atom. The summed E-state index contributed by atoms with van der Waals surface area (Å²) in [4.78, 5) is 14.4. The van der Waals surface area contributed by atoms with Crippen molar-refractivity contribution in [1.29, 1.82) is 0 Å². The van der Waals surface area contributed by atoms with E-state index in [1.807, 2.05) is 0 Å². The number of carbonyl (C=O) groups is 1. The number of hydrogen-bond donors (Lipinski definition) is 1. The molecule has 8 heteroatoms. The minimum Gasteiger partial charge on any atom is -0.504 e. The summed E-state index contributed by atoms with van der Waals surface area (Å²) in [5.41, 5.74) is -1.07. The first kappa shape index (κ1) is 14.8. The summed E-state index contributed by atoms with van der Waals surface area (Å²) in [5.74, 6) is -2.13. The summed E-state index contributed by atoms with van der Waals surface area (Å²) in [6.45, 7) is 0. The van der Waals surface area contributed by atoms with E-state index in [9.17, 15) is 18.0 Å². The lowest BCUT2D eigenvalue weighted by Gasteiger charge is -2.21. The fourth-order valence-corrected chi connectivity index (χ4v) is 1.20. The lowest BCUT2D eigenvalue weighted by Crippen LogP contribution is -2.39. The number of hydrogen-bond acceptors (Lipinski definition) is 4. The zero-order valence-electron chi connectivity index (χ0n) is 9.72. The molecule has 1 atom stereocenters. The first-order valence-electron chi connectivity index (χ1n) is 4.96. The van der Waals surface area contributed by atoms with Gasteiger partial charge in [0.2, 0.25) is 12.0 Å². The van der Waals surface area contributed by atoms with Crippen molar-refractivity contribution in [1.82, 2.24) is 4.98 Å². The number of alkyl halides is 3. The summed E-state index contributed by atoms with van der Waals surface area (Å²) in [6, 6.07) is 4.08. The summed E-state index contributed by atoms with van der Waals surface area (Å²) in [6.07, 6.45) is -5.88. The van der Waals surface area contributed by atoms with Crippen LogP contribution in [0.2, 0.25) is 0 Å². The fraction of sp³-hybridized carbons (Fsp3) is 0.273. The number of nitrogens with zero attached hydrogens (tertiary/aromatic N) is 1. The molecule has 0 saturated carbocycles. The summed E-state index contributed by atoms with van der Waals surface area (Å²) >= 11 is 0. The van der Waals surface area contributed by atoms with E-state index < -0.39 is 23.8 Å². The third-order valence-corrected chi connectivity index (χ3v) is 1.95. The standard InChI is InChI=1S/C11H10F3NO4/c1-18-6-7(10(16)17)9(11(12,13)14)19-8-4-2-3-5-15-8/h2-6,9H,1H3,(H,16,17). The van der Waals surface area contributed by atoms with E-state index in [1.54, 1.807) is 0 Å². The van der Waals surface area contributed by atoms with Crippen LogP contribution in [0.1, 0.15) is 0 Å². The molecule has 0 fully saturated rings. The van der Waals surface area contributed by atoms with Crippen LogP contribution in [0, 0.1) is 0 Å². The van der Waals surface area contributed by atoms with Gasteiger partial charge in [-0.1, -0.05) is 6.07 Å². The van der Waals surface area contributed by atoms with E-state index >= 15 is 0 Å². The molecule has 104 valence electrons. The Morgan fingerprint density at radius 3 is 2.58 bits per heavy atom. The minimum atomic E-state index is -4.92. The predicted octanol–water partition coefficient (Wildman–Crippen LogP) is 2.01. The Labute approximate surface area is 106 Å². The average Bonchev–Trinajstić information content (AvgIpc) is 2.33. The molecule has 0 aliphatic rings. The first-order valence-corrected chi connectivity index (χ1v) is 4.96. The molecular weight excluding hydrogens is 267 g/mol. The highest BCUT2D eigenvalue weighted by Gasteiger charge is 2.47. The van der Waals surface area contributed by atoms with Crippen LogP contribution in [0.5, 0.6) is 5.88 Å². The molecule has 19 heavy (non-hydrogen) atoms. The van der Waals surface area contributed by atoms with Crippen LogP contribution in [0.3, 0.4) is 0 Å². The Morgan fingerprint density at radius 1 is 1.47 bits per heavy atom. The molecule has 0 spiro atoms. The molecule has 1 aromatic heterocycles. The van der Waals surface area contributed by atoms with Crippen LogP contribution in [-0.2, 0) is 9.53 Å². The highest BCUT2D eigenvalue weighted by atomic mass is 19.4. The van der Waals surface area contributed by atoms with Gasteiger partial charge in [-0.25, -0.2) is 9.78 Å². The molecule has 1 heterocycles. The minimum absolute atomic E-state index is 0.340. The second-order valence-electron chi connectivity index (χ2n) is 3.32. The summed E-state index contributed by atoms with van der Waals surface area (Å²) < 4.78 is 47.4. The zero-order chi connectivity index (χ0) is 14.5. The van der Waals surface area contributed by atoms with Crippen LogP contribution in [-0.4, -0.2) is 35.4 Å². The van der Waals surface area contributed by atoms with Gasteiger partial charge in [-0.05, 0) is 6.07 Å². The lowest BCUT2D eigenvalue weighted by atomic mass is 10.1. The quantitative estimate of drug-likeness (QED) is 0.658. The van der Waals surface area contributed by atoms with Crippen LogP contribution in [0.25, 0.3) is 0 Å². The molecular formula is C11H10F3NO4. The number of methoxy groups -OCH3 is 1. The van der Waals surface area contributed by atoms with Crippen molar-refractivity contribution >= 4 is 5.97 Å². The lowest BCUT2D eigenvalue weighted by molar-refractivity contribution is -0.187. The van der Waals surface area contributed by atoms with Crippen molar-refractivity contribution in [2.24, 2.45) is 0 Å². The Hall–Kier alpha value is -2.25. The van der Waals surface area contributed by atoms with Gasteiger partial charge in [-0.15, -0.1) is 0 Å². The number of halogens is 3. The van der Waals surface area contributed by atoms with Gasteiger partial charge in [-0.3, -0.25) is 0 Å². The summed E-state index contributed by atoms with van der Waals surface area (Å²) in [7, 11) is 1.04. The maximum atomic E-state index is 12.8. The van der Waals surface area contributed by atoms with E-state index in [-0.39, 0.29) is 5.88 Å². The molecule has 1 unspecified atom stereocenters. The normalized spacial score (nSPS) is 13.8. The van der Waals surface area contributed by atoms with Crippen LogP contribution < -0.4 is 4.74 Å². The maximum Gasteiger partial charge on any atom is 0.430 e. The molecule has 0 bridgehead atoms. The van der Waals surface area contributed by atoms with Gasteiger partial charge in [0.05, 0.1) is 13.4 Å². The van der Waals surface area contributed by atoms with Gasteiger partial charge < -0.3 is 14.6 Å². The molecule has 0 radical (unpaired) electrons. The second kappa shape index (κ2) is 6.07. The maximum absolute atomic E-state index is 12.8. The van der Waals surface area contributed by atoms with Crippen molar-refractivity contribution in [2.75, 3.05) is 7.11 Å². The number of ether oxygens (including phenoxy) is 2. The predicted molar refractivity (Wildman–Crippen MR) is 57.4 cm³/mol. The molecule has 0 saturated heterocycles. The Bertz CT molecular complexity index is 459. The monoisotopic (exact) mass is 277 g/mol. The number of carboxylic acids is 1. The Kier molecular flexibility index (Phi) is 4.74. The number of aromatic nitrogens is 1. The average molecular weight is 277 g/mol. The fourth-order valence-electron chi connectivity index (χ4n) is 1.20. The van der Waals surface area contributed by atoms with E-state index in [1.165, 1.54) is 24.4 Å². The molecule has 0 aliphatic heterocycles. The van der Waals surface area contributed by atoms with E-state index in [4.69, 9.17) is 5.11 Å². The van der Waals surface area contributed by atoms with Gasteiger partial charge in [0.15, 0.2) is 0 Å². The van der Waals surface area contributed by atoms with E-state index in [0.717, 1.165) is 7.11 Å². The first-order chi connectivity index (χ1) is 8.86. The van der Waals surface area contributed by atoms with Crippen molar-refractivity contribution < 1.29 is 32.5 Å². The molecule has 1 rings (SSSR count). The molecule has 1 aromatic rings. The SMILES string of the molecule is COC=C(C(=O)O)C(Oc1ccccn1)C(F)(F)F. The summed E-state index contributed by atoms with van der Waals surface area (Å²) in [5, 5.41) is 8.77. The number of aliphatic carboxylic acids is 1. The third-order valence-electron chi connectivity index (χ3n) is 1.95. The molecule has 0 amide bonds. The van der Waals surface area contributed by atoms with Gasteiger partial charge in [-0.2, -0.15) is 13.2 Å². The molecule has 1 N–H and O–H groups in total. The Balaban J connectivity index is 3.09. The molecule has 5 nitrogen and oxygen atoms in total. The van der Waals surface area contributed by atoms with Gasteiger partial charge >= 0.3 is 12.1 Å². The highest BCUT2D eigenvalue weighted by Crippen LogP contribution is 2.29. The topological polar surface area (TPSA) is 68.7 Å². The van der Waals surface area contributed by atoms with Crippen LogP contribution in [0.4, 0.5) is 13.2 Å². The second-order valence-corrected chi connectivity index (χ2v) is 3.32. The van der Waals surface area contributed by atoms with Crippen molar-refractivity contribution in [3.63, 3.8) is 0 Å². The number of rotatable bonds is 5. The number of carboxylic acid groups (broad SMARTS) is 1. The highest BCUT2D eigenvalue weighted by molar-refractivity contribution is 5.87. The van der Waals surface area contributed by atoms with Gasteiger partial charge in [0.25, 0.3) is 0 Å². The van der Waals surface area contributed by atoms with Crippen LogP contribution in [0.15, 0.2) is 36.2 Å². The largest absolute Gasteiger partial charge is 0.504 e. The van der Waals surface area contributed by atoms with Gasteiger partial charge in [0.1, 0.15) is 5.57 Å². The third kappa shape index (κ3) is 4.16. The molecule has 0 aromatic carbocycles. The van der Waals surface area contributed by atoms with Crippen LogP contribution >= 0.6 is 0 Å². The molecule has 0 aliphatic carbocycles. The van der Waals surface area contributed by atoms with E-state index in [2.05, 4.69) is 14.5 Å². The van der Waals surface area contributed by atoms with Gasteiger partial charge in [0, 0.05) is 12.3 Å². The van der Waals surface area contributed by atoms with E-state index in [0.29, 0.717) is 6.26 Å². The van der Waals surface area contributed by atoms with Crippen molar-refractivity contribution in [3.8, 4) is 5.88 Å². The van der Waals surface area contributed by atoms with Crippen molar-refractivity contribution in [2.45, 2.75) is 12.3 Å². The van der Waals surface area contributed by atoms with Crippen molar-refractivity contribution in [3.05, 3.63) is 36.2 Å².